The summed E-state index contributed by atoms with van der Waals surface area (Å²) in [5.41, 5.74) is 0.212. The van der Waals surface area contributed by atoms with Gasteiger partial charge in [-0.2, -0.15) is 0 Å². The molecule has 0 amide bonds. The number of alkyl halides is 1. The zero-order chi connectivity index (χ0) is 13.9. The Balaban J connectivity index is 2.46. The minimum absolute atomic E-state index is 0.0647. The quantitative estimate of drug-likeness (QED) is 0.754. The van der Waals surface area contributed by atoms with Crippen molar-refractivity contribution in [3.05, 3.63) is 0 Å². The van der Waals surface area contributed by atoms with Crippen molar-refractivity contribution in [3.63, 3.8) is 0 Å². The van der Waals surface area contributed by atoms with E-state index in [4.69, 9.17) is 0 Å². The average Bonchev–Trinajstić information content (AvgIpc) is 2.73. The smallest absolute Gasteiger partial charge is 0.211 e. The van der Waals surface area contributed by atoms with Gasteiger partial charge < -0.3 is 0 Å². The number of hydrogen-bond donors (Lipinski definition) is 1. The van der Waals surface area contributed by atoms with Gasteiger partial charge in [0.25, 0.3) is 0 Å². The Morgan fingerprint density at radius 1 is 1.22 bits per heavy atom. The molecule has 0 atom stereocenters. The highest BCUT2D eigenvalue weighted by atomic mass is 79.9. The molecule has 5 heteroatoms. The van der Waals surface area contributed by atoms with E-state index in [0.717, 1.165) is 18.2 Å². The van der Waals surface area contributed by atoms with Crippen LogP contribution in [-0.4, -0.2) is 26.0 Å². The SMILES string of the molecule is CC(C)(C)CCS(=O)(=O)NCC1(CBr)CCCC1. The summed E-state index contributed by atoms with van der Waals surface area (Å²) in [4.78, 5) is 0. The summed E-state index contributed by atoms with van der Waals surface area (Å²) in [6.45, 7) is 6.79. The van der Waals surface area contributed by atoms with Crippen molar-refractivity contribution in [1.82, 2.24) is 4.72 Å². The van der Waals surface area contributed by atoms with Crippen molar-refractivity contribution in [3.8, 4) is 0 Å². The molecule has 108 valence electrons. The fourth-order valence-electron chi connectivity index (χ4n) is 2.26. The Bertz CT molecular complexity index is 354. The predicted octanol–water partition coefficient (Wildman–Crippen LogP) is 3.30. The summed E-state index contributed by atoms with van der Waals surface area (Å²) >= 11 is 3.54. The van der Waals surface area contributed by atoms with Gasteiger partial charge in [-0.05, 0) is 30.1 Å². The lowest BCUT2D eigenvalue weighted by molar-refractivity contribution is 0.346. The lowest BCUT2D eigenvalue weighted by Crippen LogP contribution is -2.38. The van der Waals surface area contributed by atoms with Gasteiger partial charge in [-0.3, -0.25) is 0 Å². The van der Waals surface area contributed by atoms with Crippen LogP contribution < -0.4 is 4.72 Å². The van der Waals surface area contributed by atoms with Crippen LogP contribution in [0.4, 0.5) is 0 Å². The van der Waals surface area contributed by atoms with E-state index < -0.39 is 10.0 Å². The second-order valence-electron chi connectivity index (χ2n) is 6.79. The highest BCUT2D eigenvalue weighted by molar-refractivity contribution is 9.09. The van der Waals surface area contributed by atoms with Crippen molar-refractivity contribution in [1.29, 1.82) is 0 Å². The van der Waals surface area contributed by atoms with Crippen LogP contribution in [-0.2, 0) is 10.0 Å². The van der Waals surface area contributed by atoms with Crippen molar-refractivity contribution in [2.75, 3.05) is 17.6 Å². The lowest BCUT2D eigenvalue weighted by atomic mass is 9.89. The van der Waals surface area contributed by atoms with Gasteiger partial charge in [-0.15, -0.1) is 0 Å². The molecule has 0 unspecified atom stereocenters. The van der Waals surface area contributed by atoms with E-state index in [9.17, 15) is 8.42 Å². The van der Waals surface area contributed by atoms with Gasteiger partial charge in [0.1, 0.15) is 0 Å². The molecule has 0 aromatic rings. The molecule has 0 radical (unpaired) electrons. The van der Waals surface area contributed by atoms with Gasteiger partial charge in [0.05, 0.1) is 5.75 Å². The van der Waals surface area contributed by atoms with E-state index in [2.05, 4.69) is 41.4 Å². The Morgan fingerprint density at radius 3 is 2.22 bits per heavy atom. The molecule has 1 N–H and O–H groups in total. The standard InChI is InChI=1S/C13H26BrNO2S/c1-12(2,3)8-9-18(16,17)15-11-13(10-14)6-4-5-7-13/h15H,4-11H2,1-3H3. The Morgan fingerprint density at radius 2 is 1.78 bits per heavy atom. The Labute approximate surface area is 120 Å². The maximum atomic E-state index is 12.0. The van der Waals surface area contributed by atoms with E-state index in [1.54, 1.807) is 0 Å². The summed E-state index contributed by atoms with van der Waals surface area (Å²) in [5, 5.41) is 0.891. The van der Waals surface area contributed by atoms with Gasteiger partial charge >= 0.3 is 0 Å². The molecule has 1 fully saturated rings. The number of sulfonamides is 1. The van der Waals surface area contributed by atoms with Crippen LogP contribution in [0, 0.1) is 10.8 Å². The van der Waals surface area contributed by atoms with E-state index in [1.807, 2.05) is 0 Å². The summed E-state index contributed by atoms with van der Waals surface area (Å²) in [6.07, 6.45) is 5.38. The summed E-state index contributed by atoms with van der Waals surface area (Å²) in [7, 11) is -3.12. The predicted molar refractivity (Wildman–Crippen MR) is 80.6 cm³/mol. The van der Waals surface area contributed by atoms with Crippen LogP contribution in [0.5, 0.6) is 0 Å². The first-order chi connectivity index (χ1) is 8.18. The zero-order valence-corrected chi connectivity index (χ0v) is 14.2. The second kappa shape index (κ2) is 6.23. The number of nitrogens with one attached hydrogen (secondary N) is 1. The molecular weight excluding hydrogens is 314 g/mol. The first-order valence-electron chi connectivity index (χ1n) is 6.71. The Hall–Kier alpha value is 0.390. The zero-order valence-electron chi connectivity index (χ0n) is 11.8. The number of hydrogen-bond acceptors (Lipinski definition) is 2. The molecular formula is C13H26BrNO2S. The lowest BCUT2D eigenvalue weighted by Gasteiger charge is -2.27. The molecule has 0 heterocycles. The van der Waals surface area contributed by atoms with Crippen LogP contribution in [0.1, 0.15) is 52.9 Å². The fraction of sp³-hybridized carbons (Fsp3) is 1.00. The largest absolute Gasteiger partial charge is 0.215 e. The molecule has 0 bridgehead atoms. The van der Waals surface area contributed by atoms with Crippen LogP contribution in [0.3, 0.4) is 0 Å². The molecule has 0 spiro atoms. The third-order valence-electron chi connectivity index (χ3n) is 3.74. The van der Waals surface area contributed by atoms with Crippen LogP contribution in [0.15, 0.2) is 0 Å². The van der Waals surface area contributed by atoms with Crippen LogP contribution >= 0.6 is 15.9 Å². The normalized spacial score (nSPS) is 20.2. The maximum absolute atomic E-state index is 12.0. The molecule has 0 aromatic carbocycles. The van der Waals surface area contributed by atoms with E-state index >= 15 is 0 Å². The van der Waals surface area contributed by atoms with Crippen LogP contribution in [0.25, 0.3) is 0 Å². The molecule has 0 aliphatic heterocycles. The van der Waals surface area contributed by atoms with Crippen molar-refractivity contribution in [2.45, 2.75) is 52.9 Å². The van der Waals surface area contributed by atoms with Crippen molar-refractivity contribution in [2.24, 2.45) is 10.8 Å². The fourth-order valence-corrected chi connectivity index (χ4v) is 4.57. The summed E-state index contributed by atoms with van der Waals surface area (Å²) in [6, 6.07) is 0. The molecule has 18 heavy (non-hydrogen) atoms. The molecule has 1 saturated carbocycles. The van der Waals surface area contributed by atoms with Crippen LogP contribution in [0.2, 0.25) is 0 Å². The van der Waals surface area contributed by atoms with E-state index in [1.165, 1.54) is 12.8 Å². The third-order valence-corrected chi connectivity index (χ3v) is 6.25. The van der Waals surface area contributed by atoms with Gasteiger partial charge in [0.15, 0.2) is 0 Å². The van der Waals surface area contributed by atoms with E-state index in [0.29, 0.717) is 13.0 Å². The summed E-state index contributed by atoms with van der Waals surface area (Å²) in [5.74, 6) is 0.231. The van der Waals surface area contributed by atoms with Crippen molar-refractivity contribution >= 4 is 26.0 Å². The number of rotatable bonds is 6. The van der Waals surface area contributed by atoms with Gasteiger partial charge in [-0.25, -0.2) is 13.1 Å². The van der Waals surface area contributed by atoms with Crippen molar-refractivity contribution < 1.29 is 8.42 Å². The summed E-state index contributed by atoms with van der Waals surface area (Å²) < 4.78 is 26.7. The van der Waals surface area contributed by atoms with E-state index in [-0.39, 0.29) is 16.6 Å². The molecule has 1 rings (SSSR count). The molecule has 0 aromatic heterocycles. The minimum Gasteiger partial charge on any atom is -0.215 e. The molecule has 1 aliphatic carbocycles. The molecule has 1 aliphatic rings. The first kappa shape index (κ1) is 16.4. The highest BCUT2D eigenvalue weighted by Crippen LogP contribution is 2.39. The Kier molecular flexibility index (Phi) is 5.69. The average molecular weight is 340 g/mol. The molecule has 3 nitrogen and oxygen atoms in total. The van der Waals surface area contributed by atoms with Gasteiger partial charge in [0, 0.05) is 11.9 Å². The topological polar surface area (TPSA) is 46.2 Å². The maximum Gasteiger partial charge on any atom is 0.211 e. The third kappa shape index (κ3) is 5.57. The van der Waals surface area contributed by atoms with Gasteiger partial charge in [-0.1, -0.05) is 49.5 Å². The molecule has 0 saturated heterocycles. The highest BCUT2D eigenvalue weighted by Gasteiger charge is 2.33. The minimum atomic E-state index is -3.12. The monoisotopic (exact) mass is 339 g/mol. The van der Waals surface area contributed by atoms with Gasteiger partial charge in [0.2, 0.25) is 10.0 Å². The second-order valence-corrected chi connectivity index (χ2v) is 9.28. The number of halogens is 1. The first-order valence-corrected chi connectivity index (χ1v) is 9.49.